The highest BCUT2D eigenvalue weighted by Crippen LogP contribution is 2.19. The molecular formula is C17H22F2N2O2. The van der Waals surface area contributed by atoms with E-state index in [1.807, 2.05) is 6.92 Å². The van der Waals surface area contributed by atoms with E-state index < -0.39 is 11.6 Å². The van der Waals surface area contributed by atoms with E-state index in [-0.39, 0.29) is 23.3 Å². The molecule has 1 aliphatic rings. The van der Waals surface area contributed by atoms with Gasteiger partial charge >= 0.3 is 0 Å². The van der Waals surface area contributed by atoms with E-state index >= 15 is 0 Å². The summed E-state index contributed by atoms with van der Waals surface area (Å²) in [5, 5.41) is 2.87. The van der Waals surface area contributed by atoms with E-state index in [0.717, 1.165) is 37.5 Å². The first-order chi connectivity index (χ1) is 11.0. The van der Waals surface area contributed by atoms with Crippen LogP contribution >= 0.6 is 0 Å². The zero-order chi connectivity index (χ0) is 16.8. The highest BCUT2D eigenvalue weighted by atomic mass is 19.1. The van der Waals surface area contributed by atoms with Gasteiger partial charge in [-0.2, -0.15) is 0 Å². The Kier molecular flexibility index (Phi) is 6.07. The van der Waals surface area contributed by atoms with Crippen molar-refractivity contribution in [2.45, 2.75) is 32.6 Å². The van der Waals surface area contributed by atoms with Crippen LogP contribution in [0, 0.1) is 17.6 Å². The molecule has 1 N–H and O–H groups in total. The topological polar surface area (TPSA) is 49.4 Å². The van der Waals surface area contributed by atoms with Crippen molar-refractivity contribution >= 4 is 11.8 Å². The van der Waals surface area contributed by atoms with Crippen LogP contribution in [0.15, 0.2) is 18.2 Å². The number of carbonyl (C=O) groups is 2. The zero-order valence-corrected chi connectivity index (χ0v) is 13.3. The minimum atomic E-state index is -0.756. The maximum Gasteiger partial charge on any atom is 0.254 e. The molecule has 0 bridgehead atoms. The fourth-order valence-corrected chi connectivity index (χ4v) is 2.85. The summed E-state index contributed by atoms with van der Waals surface area (Å²) in [6.45, 7) is 3.53. The number of likely N-dealkylation sites (tertiary alicyclic amines) is 1. The minimum absolute atomic E-state index is 0.0168. The monoisotopic (exact) mass is 324 g/mol. The molecule has 23 heavy (non-hydrogen) atoms. The molecule has 1 fully saturated rings. The van der Waals surface area contributed by atoms with Gasteiger partial charge < -0.3 is 10.2 Å². The molecule has 126 valence electrons. The Morgan fingerprint density at radius 3 is 2.61 bits per heavy atom. The molecule has 2 amide bonds. The fraction of sp³-hybridized carbons (Fsp3) is 0.529. The van der Waals surface area contributed by atoms with Crippen molar-refractivity contribution in [2.75, 3.05) is 19.6 Å². The Bertz CT molecular complexity index is 557. The van der Waals surface area contributed by atoms with Gasteiger partial charge in [0.1, 0.15) is 11.6 Å². The van der Waals surface area contributed by atoms with Crippen LogP contribution in [0.2, 0.25) is 0 Å². The third-order valence-electron chi connectivity index (χ3n) is 3.98. The Hall–Kier alpha value is -1.98. The van der Waals surface area contributed by atoms with Crippen molar-refractivity contribution in [3.05, 3.63) is 35.4 Å². The second kappa shape index (κ2) is 8.04. The maximum absolute atomic E-state index is 13.3. The van der Waals surface area contributed by atoms with E-state index in [9.17, 15) is 18.4 Å². The van der Waals surface area contributed by atoms with E-state index in [4.69, 9.17) is 0 Å². The van der Waals surface area contributed by atoms with Gasteiger partial charge in [0, 0.05) is 37.7 Å². The van der Waals surface area contributed by atoms with Crippen molar-refractivity contribution in [1.29, 1.82) is 0 Å². The van der Waals surface area contributed by atoms with Crippen LogP contribution in [0.1, 0.15) is 43.0 Å². The number of piperidine rings is 1. The summed E-state index contributed by atoms with van der Waals surface area (Å²) in [6.07, 6.45) is 3.04. The third-order valence-corrected chi connectivity index (χ3v) is 3.98. The second-order valence-corrected chi connectivity index (χ2v) is 5.97. The molecule has 1 aromatic carbocycles. The van der Waals surface area contributed by atoms with E-state index in [1.54, 1.807) is 4.90 Å². The molecule has 1 atom stereocenters. The SMILES string of the molecule is CCCC(=O)NC[C@@H]1CCCN(C(=O)c2cc(F)cc(F)c2)C1. The predicted octanol–water partition coefficient (Wildman–Crippen LogP) is 2.73. The van der Waals surface area contributed by atoms with E-state index in [1.165, 1.54) is 0 Å². The Labute approximate surface area is 134 Å². The number of amides is 2. The molecule has 4 nitrogen and oxygen atoms in total. The quantitative estimate of drug-likeness (QED) is 0.905. The smallest absolute Gasteiger partial charge is 0.254 e. The molecule has 1 heterocycles. The van der Waals surface area contributed by atoms with E-state index in [0.29, 0.717) is 26.1 Å². The summed E-state index contributed by atoms with van der Waals surface area (Å²) >= 11 is 0. The highest BCUT2D eigenvalue weighted by Gasteiger charge is 2.25. The first kappa shape index (κ1) is 17.4. The molecule has 1 saturated heterocycles. The minimum Gasteiger partial charge on any atom is -0.356 e. The number of rotatable bonds is 5. The van der Waals surface area contributed by atoms with Gasteiger partial charge in [0.25, 0.3) is 5.91 Å². The first-order valence-electron chi connectivity index (χ1n) is 8.01. The lowest BCUT2D eigenvalue weighted by atomic mass is 9.97. The molecule has 0 aliphatic carbocycles. The third kappa shape index (κ3) is 5.01. The average molecular weight is 324 g/mol. The molecule has 0 unspecified atom stereocenters. The van der Waals surface area contributed by atoms with Crippen LogP contribution in [0.4, 0.5) is 8.78 Å². The number of hydrogen-bond donors (Lipinski definition) is 1. The van der Waals surface area contributed by atoms with Crippen molar-refractivity contribution in [3.8, 4) is 0 Å². The van der Waals surface area contributed by atoms with Crippen LogP contribution in [-0.4, -0.2) is 36.3 Å². The van der Waals surface area contributed by atoms with Gasteiger partial charge in [-0.1, -0.05) is 6.92 Å². The van der Waals surface area contributed by atoms with Crippen molar-refractivity contribution < 1.29 is 18.4 Å². The lowest BCUT2D eigenvalue weighted by molar-refractivity contribution is -0.121. The number of nitrogens with one attached hydrogen (secondary N) is 1. The summed E-state index contributed by atoms with van der Waals surface area (Å²) in [7, 11) is 0. The molecule has 0 radical (unpaired) electrons. The Morgan fingerprint density at radius 1 is 1.26 bits per heavy atom. The van der Waals surface area contributed by atoms with Gasteiger partial charge in [-0.15, -0.1) is 0 Å². The summed E-state index contributed by atoms with van der Waals surface area (Å²) in [5.74, 6) is -1.69. The highest BCUT2D eigenvalue weighted by molar-refractivity contribution is 5.94. The molecule has 2 rings (SSSR count). The first-order valence-corrected chi connectivity index (χ1v) is 8.01. The summed E-state index contributed by atoms with van der Waals surface area (Å²) in [6, 6.07) is 2.86. The lowest BCUT2D eigenvalue weighted by Gasteiger charge is -2.33. The van der Waals surface area contributed by atoms with Crippen LogP contribution < -0.4 is 5.32 Å². The van der Waals surface area contributed by atoms with Gasteiger partial charge in [-0.3, -0.25) is 9.59 Å². The van der Waals surface area contributed by atoms with Crippen LogP contribution in [0.5, 0.6) is 0 Å². The average Bonchev–Trinajstić information content (AvgIpc) is 2.52. The number of carbonyl (C=O) groups excluding carboxylic acids is 2. The predicted molar refractivity (Wildman–Crippen MR) is 82.9 cm³/mol. The molecular weight excluding hydrogens is 302 g/mol. The molecule has 0 saturated carbocycles. The van der Waals surface area contributed by atoms with Gasteiger partial charge in [0.05, 0.1) is 0 Å². The number of nitrogens with zero attached hydrogens (tertiary/aromatic N) is 1. The van der Waals surface area contributed by atoms with Crippen molar-refractivity contribution in [3.63, 3.8) is 0 Å². The standard InChI is InChI=1S/C17H22F2N2O2/c1-2-4-16(22)20-10-12-5-3-6-21(11-12)17(23)13-7-14(18)9-15(19)8-13/h7-9,12H,2-6,10-11H2,1H3,(H,20,22)/t12-/m0/s1. The molecule has 1 aliphatic heterocycles. The van der Waals surface area contributed by atoms with Crippen molar-refractivity contribution in [1.82, 2.24) is 10.2 Å². The Balaban J connectivity index is 1.94. The van der Waals surface area contributed by atoms with Crippen LogP contribution in [-0.2, 0) is 4.79 Å². The Morgan fingerprint density at radius 2 is 1.96 bits per heavy atom. The molecule has 6 heteroatoms. The van der Waals surface area contributed by atoms with Gasteiger partial charge in [-0.25, -0.2) is 8.78 Å². The van der Waals surface area contributed by atoms with Gasteiger partial charge in [0.2, 0.25) is 5.91 Å². The summed E-state index contributed by atoms with van der Waals surface area (Å²) in [4.78, 5) is 25.5. The normalized spacial score (nSPS) is 17.9. The lowest BCUT2D eigenvalue weighted by Crippen LogP contribution is -2.43. The van der Waals surface area contributed by atoms with Gasteiger partial charge in [0.15, 0.2) is 0 Å². The number of halogens is 2. The molecule has 0 spiro atoms. The maximum atomic E-state index is 13.3. The van der Waals surface area contributed by atoms with Crippen LogP contribution in [0.25, 0.3) is 0 Å². The van der Waals surface area contributed by atoms with Crippen LogP contribution in [0.3, 0.4) is 0 Å². The largest absolute Gasteiger partial charge is 0.356 e. The van der Waals surface area contributed by atoms with Crippen molar-refractivity contribution in [2.24, 2.45) is 5.92 Å². The number of hydrogen-bond acceptors (Lipinski definition) is 2. The molecule has 1 aromatic rings. The fourth-order valence-electron chi connectivity index (χ4n) is 2.85. The second-order valence-electron chi connectivity index (χ2n) is 5.97. The molecule has 0 aromatic heterocycles. The number of benzene rings is 1. The summed E-state index contributed by atoms with van der Waals surface area (Å²) < 4.78 is 26.5. The van der Waals surface area contributed by atoms with Gasteiger partial charge in [-0.05, 0) is 37.3 Å². The summed E-state index contributed by atoms with van der Waals surface area (Å²) in [5.41, 5.74) is 0.0261. The zero-order valence-electron chi connectivity index (χ0n) is 13.3. The van der Waals surface area contributed by atoms with E-state index in [2.05, 4.69) is 5.32 Å².